The molecule has 0 heterocycles. The van der Waals surface area contributed by atoms with Gasteiger partial charge in [0, 0.05) is 6.16 Å². The molecule has 0 aromatic rings. The molecule has 0 aliphatic carbocycles. The molecule has 9 heavy (non-hydrogen) atoms. The summed E-state index contributed by atoms with van der Waals surface area (Å²) in [5.74, 6) is 0. The van der Waals surface area contributed by atoms with Crippen LogP contribution in [-0.2, 0) is 0 Å². The molecule has 0 spiro atoms. The zero-order chi connectivity index (χ0) is 7.11. The van der Waals surface area contributed by atoms with Crippen LogP contribution in [0.25, 0.3) is 0 Å². The lowest BCUT2D eigenvalue weighted by Gasteiger charge is -2.00. The maximum Gasteiger partial charge on any atom is 0.164 e. The molecule has 0 aromatic carbocycles. The van der Waals surface area contributed by atoms with E-state index in [9.17, 15) is 0 Å². The normalized spacial score (nSPS) is 10.7. The highest BCUT2D eigenvalue weighted by Crippen LogP contribution is 2.23. The molecule has 3 nitrogen and oxygen atoms in total. The van der Waals surface area contributed by atoms with Gasteiger partial charge in [0.05, 0.1) is 0 Å². The van der Waals surface area contributed by atoms with Crippen molar-refractivity contribution in [2.24, 2.45) is 0 Å². The molecule has 0 aromatic heterocycles. The number of hydrogen-bond donors (Lipinski definition) is 3. The topological polar surface area (TPSA) is 52.5 Å². The summed E-state index contributed by atoms with van der Waals surface area (Å²) >= 11 is 0. The maximum absolute atomic E-state index is 8.45. The lowest BCUT2D eigenvalue weighted by Crippen LogP contribution is -2.07. The minimum absolute atomic E-state index is 0.553. The molecule has 0 aliphatic rings. The zero-order valence-corrected chi connectivity index (χ0v) is 6.56. The molecule has 0 unspecified atom stereocenters. The van der Waals surface area contributed by atoms with Crippen LogP contribution in [0, 0.1) is 0 Å². The van der Waals surface area contributed by atoms with Crippen molar-refractivity contribution in [1.82, 2.24) is 5.32 Å². The van der Waals surface area contributed by atoms with Gasteiger partial charge >= 0.3 is 0 Å². The fourth-order valence-electron chi connectivity index (χ4n) is 0.555. The Balaban J connectivity index is 2.75. The van der Waals surface area contributed by atoms with Crippen molar-refractivity contribution in [3.8, 4) is 0 Å². The predicted molar refractivity (Wildman–Crippen MR) is 39.4 cm³/mol. The second kappa shape index (κ2) is 6.43. The van der Waals surface area contributed by atoms with Gasteiger partial charge in [-0.1, -0.05) is 0 Å². The summed E-state index contributed by atoms with van der Waals surface area (Å²) in [4.78, 5) is 16.9. The average molecular weight is 151 g/mol. The van der Waals surface area contributed by atoms with E-state index >= 15 is 0 Å². The average Bonchev–Trinajstić information content (AvgIpc) is 1.80. The van der Waals surface area contributed by atoms with Gasteiger partial charge < -0.3 is 15.1 Å². The third-order valence-electron chi connectivity index (χ3n) is 1.03. The number of nitrogens with one attached hydrogen (secondary N) is 1. The largest absolute Gasteiger partial charge is 0.350 e. The van der Waals surface area contributed by atoms with Crippen molar-refractivity contribution in [2.75, 3.05) is 19.8 Å². The second-order valence-corrected chi connectivity index (χ2v) is 3.10. The summed E-state index contributed by atoms with van der Waals surface area (Å²) in [6.45, 7) is 0.961. The van der Waals surface area contributed by atoms with Gasteiger partial charge in [-0.15, -0.1) is 0 Å². The first-order valence-corrected chi connectivity index (χ1v) is 4.50. The highest BCUT2D eigenvalue weighted by Gasteiger charge is 1.95. The van der Waals surface area contributed by atoms with Gasteiger partial charge in [-0.3, -0.25) is 0 Å². The van der Waals surface area contributed by atoms with Crippen LogP contribution < -0.4 is 5.32 Å². The lowest BCUT2D eigenvalue weighted by molar-refractivity contribution is 0.479. The van der Waals surface area contributed by atoms with Crippen LogP contribution in [0.2, 0.25) is 0 Å². The Morgan fingerprint density at radius 3 is 2.44 bits per heavy atom. The molecular weight excluding hydrogens is 137 g/mol. The van der Waals surface area contributed by atoms with Crippen LogP contribution in [0.1, 0.15) is 12.8 Å². The summed E-state index contributed by atoms with van der Waals surface area (Å²) in [6.07, 6.45) is 2.48. The van der Waals surface area contributed by atoms with Crippen molar-refractivity contribution in [1.29, 1.82) is 0 Å². The van der Waals surface area contributed by atoms with Crippen molar-refractivity contribution in [3.05, 3.63) is 0 Å². The van der Waals surface area contributed by atoms with Crippen molar-refractivity contribution >= 4 is 8.38 Å². The molecule has 0 aliphatic heterocycles. The van der Waals surface area contributed by atoms with Crippen LogP contribution in [0.3, 0.4) is 0 Å². The van der Waals surface area contributed by atoms with Crippen molar-refractivity contribution < 1.29 is 9.79 Å². The molecule has 3 N–H and O–H groups in total. The maximum atomic E-state index is 8.45. The molecular formula is C5H14NO2P. The molecule has 56 valence electrons. The highest BCUT2D eigenvalue weighted by atomic mass is 31.2. The van der Waals surface area contributed by atoms with E-state index < -0.39 is 8.38 Å². The SMILES string of the molecule is CNCCCCP(O)O. The Bertz CT molecular complexity index is 60.9. The van der Waals surface area contributed by atoms with Crippen LogP contribution in [0.5, 0.6) is 0 Å². The zero-order valence-electron chi connectivity index (χ0n) is 5.67. The summed E-state index contributed by atoms with van der Waals surface area (Å²) in [5, 5.41) is 2.99. The minimum atomic E-state index is -1.64. The fourth-order valence-corrected chi connectivity index (χ4v) is 1.06. The van der Waals surface area contributed by atoms with Gasteiger partial charge in [-0.25, -0.2) is 0 Å². The van der Waals surface area contributed by atoms with Gasteiger partial charge in [0.1, 0.15) is 0 Å². The summed E-state index contributed by atoms with van der Waals surface area (Å²) in [7, 11) is 0.245. The first-order valence-electron chi connectivity index (χ1n) is 3.07. The number of unbranched alkanes of at least 4 members (excludes halogenated alkanes) is 1. The Morgan fingerprint density at radius 1 is 1.33 bits per heavy atom. The van der Waals surface area contributed by atoms with Gasteiger partial charge in [-0.2, -0.15) is 0 Å². The summed E-state index contributed by atoms with van der Waals surface area (Å²) < 4.78 is 0. The van der Waals surface area contributed by atoms with E-state index in [1.165, 1.54) is 0 Å². The monoisotopic (exact) mass is 151 g/mol. The third kappa shape index (κ3) is 8.31. The fraction of sp³-hybridized carbons (Fsp3) is 1.00. The van der Waals surface area contributed by atoms with E-state index in [0.717, 1.165) is 19.4 Å². The summed E-state index contributed by atoms with van der Waals surface area (Å²) in [6, 6.07) is 0. The molecule has 0 radical (unpaired) electrons. The van der Waals surface area contributed by atoms with Crippen LogP contribution in [0.15, 0.2) is 0 Å². The standard InChI is InChI=1S/C5H14NO2P/c1-6-4-2-3-5-9(7)8/h6-8H,2-5H2,1H3. The van der Waals surface area contributed by atoms with E-state index in [1.807, 2.05) is 7.05 Å². The van der Waals surface area contributed by atoms with E-state index in [4.69, 9.17) is 9.79 Å². The highest BCUT2D eigenvalue weighted by molar-refractivity contribution is 7.45. The predicted octanol–water partition coefficient (Wildman–Crippen LogP) is 0.282. The van der Waals surface area contributed by atoms with Crippen LogP contribution in [0.4, 0.5) is 0 Å². The number of hydrogen-bond acceptors (Lipinski definition) is 3. The van der Waals surface area contributed by atoms with E-state index in [1.54, 1.807) is 0 Å². The molecule has 0 saturated heterocycles. The quantitative estimate of drug-likeness (QED) is 0.391. The first-order chi connectivity index (χ1) is 4.27. The molecule has 0 atom stereocenters. The smallest absolute Gasteiger partial charge is 0.164 e. The van der Waals surface area contributed by atoms with E-state index in [0.29, 0.717) is 6.16 Å². The third-order valence-corrected chi connectivity index (χ3v) is 1.75. The Kier molecular flexibility index (Phi) is 6.65. The Morgan fingerprint density at radius 2 is 2.00 bits per heavy atom. The minimum Gasteiger partial charge on any atom is -0.350 e. The number of rotatable bonds is 5. The van der Waals surface area contributed by atoms with Gasteiger partial charge in [0.15, 0.2) is 8.38 Å². The molecule has 0 rings (SSSR count). The second-order valence-electron chi connectivity index (χ2n) is 1.91. The Labute approximate surface area is 57.0 Å². The molecule has 0 amide bonds. The van der Waals surface area contributed by atoms with Gasteiger partial charge in [-0.05, 0) is 26.4 Å². The van der Waals surface area contributed by atoms with Crippen molar-refractivity contribution in [3.63, 3.8) is 0 Å². The first kappa shape index (κ1) is 9.31. The molecule has 0 fully saturated rings. The van der Waals surface area contributed by atoms with Crippen molar-refractivity contribution in [2.45, 2.75) is 12.8 Å². The lowest BCUT2D eigenvalue weighted by atomic mass is 10.3. The molecule has 4 heteroatoms. The van der Waals surface area contributed by atoms with Crippen LogP contribution >= 0.6 is 8.38 Å². The van der Waals surface area contributed by atoms with Crippen LogP contribution in [-0.4, -0.2) is 29.5 Å². The van der Waals surface area contributed by atoms with Gasteiger partial charge in [0.25, 0.3) is 0 Å². The Hall–Kier alpha value is 0.310. The van der Waals surface area contributed by atoms with Gasteiger partial charge in [0.2, 0.25) is 0 Å². The van der Waals surface area contributed by atoms with E-state index in [2.05, 4.69) is 5.32 Å². The summed E-state index contributed by atoms with van der Waals surface area (Å²) in [5.41, 5.74) is 0. The van der Waals surface area contributed by atoms with E-state index in [-0.39, 0.29) is 0 Å². The molecule has 0 bridgehead atoms. The molecule has 0 saturated carbocycles.